The maximum Gasteiger partial charge on any atom is 0.407 e. The summed E-state index contributed by atoms with van der Waals surface area (Å²) in [5.74, 6) is -1.07. The number of nitrogens with one attached hydrogen (secondary N) is 1. The van der Waals surface area contributed by atoms with Crippen LogP contribution in [0.5, 0.6) is 0 Å². The fourth-order valence-corrected chi connectivity index (χ4v) is 2.94. The van der Waals surface area contributed by atoms with Crippen molar-refractivity contribution in [3.05, 3.63) is 24.3 Å². The van der Waals surface area contributed by atoms with Crippen molar-refractivity contribution >= 4 is 24.0 Å². The van der Waals surface area contributed by atoms with Gasteiger partial charge in [-0.15, -0.1) is 0 Å². The summed E-state index contributed by atoms with van der Waals surface area (Å²) >= 11 is 0. The van der Waals surface area contributed by atoms with E-state index in [2.05, 4.69) is 39.2 Å². The lowest BCUT2D eigenvalue weighted by atomic mass is 9.79. The van der Waals surface area contributed by atoms with Gasteiger partial charge in [0, 0.05) is 24.1 Å². The van der Waals surface area contributed by atoms with Crippen LogP contribution in [0.1, 0.15) is 60.3 Å². The Labute approximate surface area is 196 Å². The molecule has 9 heteroatoms. The largest absolute Gasteiger partial charge is 0.462 e. The molecule has 0 aliphatic rings. The first-order valence-corrected chi connectivity index (χ1v) is 11.1. The molecule has 1 N–H and O–H groups in total. The zero-order valence-corrected chi connectivity index (χ0v) is 20.6. The van der Waals surface area contributed by atoms with E-state index < -0.39 is 18.0 Å². The third-order valence-electron chi connectivity index (χ3n) is 4.64. The van der Waals surface area contributed by atoms with Crippen LogP contribution < -0.4 is 5.32 Å². The summed E-state index contributed by atoms with van der Waals surface area (Å²) in [6.07, 6.45) is 1.99. The van der Waals surface area contributed by atoms with E-state index in [4.69, 9.17) is 18.9 Å². The number of alkyl carbamates (subject to hydrolysis) is 1. The molecule has 0 bridgehead atoms. The molecule has 0 aromatic carbocycles. The molecular weight excluding hydrogens is 430 g/mol. The first-order valence-electron chi connectivity index (χ1n) is 11.1. The second-order valence-corrected chi connectivity index (χ2v) is 8.88. The minimum atomic E-state index is -0.568. The highest BCUT2D eigenvalue weighted by molar-refractivity contribution is 5.87. The zero-order valence-electron chi connectivity index (χ0n) is 20.6. The average Bonchev–Trinajstić information content (AvgIpc) is 2.71. The molecule has 0 rings (SSSR count). The van der Waals surface area contributed by atoms with E-state index in [1.807, 2.05) is 0 Å². The van der Waals surface area contributed by atoms with Crippen molar-refractivity contribution in [1.82, 2.24) is 5.32 Å². The lowest BCUT2D eigenvalue weighted by molar-refractivity contribution is -0.150. The first-order chi connectivity index (χ1) is 15.3. The van der Waals surface area contributed by atoms with Crippen molar-refractivity contribution < 1.29 is 38.1 Å². The molecule has 0 fully saturated rings. The topological polar surface area (TPSA) is 117 Å². The van der Waals surface area contributed by atoms with Crippen LogP contribution in [0.4, 0.5) is 4.79 Å². The molecule has 1 unspecified atom stereocenters. The van der Waals surface area contributed by atoms with Gasteiger partial charge in [-0.25, -0.2) is 14.4 Å². The van der Waals surface area contributed by atoms with Crippen molar-refractivity contribution in [2.24, 2.45) is 11.3 Å². The number of amides is 1. The molecule has 0 radical (unpaired) electrons. The van der Waals surface area contributed by atoms with Gasteiger partial charge >= 0.3 is 24.0 Å². The minimum absolute atomic E-state index is 0.00902. The van der Waals surface area contributed by atoms with Gasteiger partial charge < -0.3 is 24.3 Å². The third-order valence-corrected chi connectivity index (χ3v) is 4.64. The Hall–Kier alpha value is -2.84. The number of esters is 3. The second kappa shape index (κ2) is 15.9. The van der Waals surface area contributed by atoms with Crippen LogP contribution in [-0.2, 0) is 33.3 Å². The van der Waals surface area contributed by atoms with Crippen LogP contribution in [0, 0.1) is 11.3 Å². The quantitative estimate of drug-likeness (QED) is 0.157. The lowest BCUT2D eigenvalue weighted by Crippen LogP contribution is -2.30. The highest BCUT2D eigenvalue weighted by Gasteiger charge is 2.22. The van der Waals surface area contributed by atoms with Crippen molar-refractivity contribution in [3.63, 3.8) is 0 Å². The van der Waals surface area contributed by atoms with E-state index in [-0.39, 0.29) is 55.7 Å². The van der Waals surface area contributed by atoms with E-state index >= 15 is 0 Å². The standard InChI is InChI=1S/C24H39NO8/c1-17(2)21(27)31-13-12-30-20(26)9-8-19(5)16-24(6,7)10-11-25-23(29)33-15-14-32-22(28)18(3)4/h19H,1,3,8-16H2,2,4-7H3,(H,25,29). The Morgan fingerprint density at radius 3 is 1.85 bits per heavy atom. The Balaban J connectivity index is 3.96. The monoisotopic (exact) mass is 469 g/mol. The molecule has 188 valence electrons. The second-order valence-electron chi connectivity index (χ2n) is 8.88. The van der Waals surface area contributed by atoms with Gasteiger partial charge in [-0.05, 0) is 44.4 Å². The Morgan fingerprint density at radius 2 is 1.33 bits per heavy atom. The number of carbonyl (C=O) groups excluding carboxylic acids is 4. The minimum Gasteiger partial charge on any atom is -0.462 e. The van der Waals surface area contributed by atoms with Crippen molar-refractivity contribution in [2.75, 3.05) is 33.0 Å². The molecule has 33 heavy (non-hydrogen) atoms. The highest BCUT2D eigenvalue weighted by Crippen LogP contribution is 2.30. The van der Waals surface area contributed by atoms with E-state index in [0.29, 0.717) is 18.5 Å². The lowest BCUT2D eigenvalue weighted by Gasteiger charge is -2.28. The molecule has 0 saturated heterocycles. The van der Waals surface area contributed by atoms with Crippen molar-refractivity contribution in [2.45, 2.75) is 60.3 Å². The van der Waals surface area contributed by atoms with Crippen LogP contribution in [0.25, 0.3) is 0 Å². The van der Waals surface area contributed by atoms with Crippen LogP contribution in [0.3, 0.4) is 0 Å². The fraction of sp³-hybridized carbons (Fsp3) is 0.667. The number of hydrogen-bond donors (Lipinski definition) is 1. The third kappa shape index (κ3) is 16.5. The van der Waals surface area contributed by atoms with Crippen LogP contribution >= 0.6 is 0 Å². The van der Waals surface area contributed by atoms with E-state index in [1.54, 1.807) is 6.92 Å². The predicted molar refractivity (Wildman–Crippen MR) is 123 cm³/mol. The van der Waals surface area contributed by atoms with Gasteiger partial charge in [0.25, 0.3) is 0 Å². The fourth-order valence-electron chi connectivity index (χ4n) is 2.94. The zero-order chi connectivity index (χ0) is 25.4. The number of carbonyl (C=O) groups is 4. The molecule has 0 spiro atoms. The summed E-state index contributed by atoms with van der Waals surface area (Å²) in [5, 5.41) is 2.68. The molecule has 0 heterocycles. The molecule has 1 amide bonds. The summed E-state index contributed by atoms with van der Waals surface area (Å²) < 4.78 is 19.7. The summed E-state index contributed by atoms with van der Waals surface area (Å²) in [6, 6.07) is 0. The molecule has 0 aromatic rings. The van der Waals surface area contributed by atoms with Gasteiger partial charge in [-0.1, -0.05) is 33.9 Å². The smallest absolute Gasteiger partial charge is 0.407 e. The van der Waals surface area contributed by atoms with Gasteiger partial charge in [0.05, 0.1) is 0 Å². The van der Waals surface area contributed by atoms with Crippen molar-refractivity contribution in [3.8, 4) is 0 Å². The maximum absolute atomic E-state index is 11.8. The molecule has 1 atom stereocenters. The summed E-state index contributed by atoms with van der Waals surface area (Å²) in [6.45, 7) is 16.7. The highest BCUT2D eigenvalue weighted by atomic mass is 16.6. The average molecular weight is 470 g/mol. The molecule has 0 aliphatic carbocycles. The Kier molecular flexibility index (Phi) is 14.5. The normalized spacial score (nSPS) is 11.7. The van der Waals surface area contributed by atoms with Crippen LogP contribution in [-0.4, -0.2) is 57.0 Å². The van der Waals surface area contributed by atoms with E-state index in [1.165, 1.54) is 6.92 Å². The van der Waals surface area contributed by atoms with Gasteiger partial charge in [-0.2, -0.15) is 0 Å². The number of rotatable bonds is 16. The maximum atomic E-state index is 11.8. The summed E-state index contributed by atoms with van der Waals surface area (Å²) in [4.78, 5) is 46.0. The molecule has 0 saturated carbocycles. The van der Waals surface area contributed by atoms with Gasteiger partial charge in [0.15, 0.2) is 0 Å². The SMILES string of the molecule is C=C(C)C(=O)OCCOC(=O)CCC(C)CC(C)(C)CCNC(=O)OCCOC(=O)C(=C)C. The molecule has 0 aromatic heterocycles. The van der Waals surface area contributed by atoms with Crippen LogP contribution in [0.15, 0.2) is 24.3 Å². The van der Waals surface area contributed by atoms with Gasteiger partial charge in [0.1, 0.15) is 26.4 Å². The van der Waals surface area contributed by atoms with Crippen molar-refractivity contribution in [1.29, 1.82) is 0 Å². The number of hydrogen-bond acceptors (Lipinski definition) is 8. The molecule has 9 nitrogen and oxygen atoms in total. The van der Waals surface area contributed by atoms with Crippen LogP contribution in [0.2, 0.25) is 0 Å². The summed E-state index contributed by atoms with van der Waals surface area (Å²) in [5.41, 5.74) is 0.533. The van der Waals surface area contributed by atoms with E-state index in [9.17, 15) is 19.2 Å². The van der Waals surface area contributed by atoms with Gasteiger partial charge in [0.2, 0.25) is 0 Å². The van der Waals surface area contributed by atoms with E-state index in [0.717, 1.165) is 12.8 Å². The summed E-state index contributed by atoms with van der Waals surface area (Å²) in [7, 11) is 0. The predicted octanol–water partition coefficient (Wildman–Crippen LogP) is 3.72. The van der Waals surface area contributed by atoms with Gasteiger partial charge in [-0.3, -0.25) is 4.79 Å². The molecule has 0 aliphatic heterocycles. The molecular formula is C24H39NO8. The Morgan fingerprint density at radius 1 is 0.848 bits per heavy atom. The first kappa shape index (κ1) is 30.2. The number of ether oxygens (including phenoxy) is 4. The Bertz CT molecular complexity index is 699.